The molecule has 0 aliphatic rings. The maximum absolute atomic E-state index is 11.1. The van der Waals surface area contributed by atoms with E-state index in [0.717, 1.165) is 0 Å². The molecular formula is C12H12ClN4O3S-. The lowest BCUT2D eigenvalue weighted by molar-refractivity contribution is 0.415. The summed E-state index contributed by atoms with van der Waals surface area (Å²) in [5.41, 5.74) is 1.11. The van der Waals surface area contributed by atoms with Gasteiger partial charge in [-0.15, -0.1) is 0 Å². The lowest BCUT2D eigenvalue weighted by Gasteiger charge is -2.15. The Kier molecular flexibility index (Phi) is 4.71. The fourth-order valence-electron chi connectivity index (χ4n) is 1.74. The predicted octanol–water partition coefficient (Wildman–Crippen LogP) is 2.13. The van der Waals surface area contributed by atoms with Crippen LogP contribution in [0.5, 0.6) is 5.75 Å². The van der Waals surface area contributed by atoms with Gasteiger partial charge >= 0.3 is 0 Å². The number of nitrogens with zero attached hydrogens (tertiary/aromatic N) is 3. The van der Waals surface area contributed by atoms with Crippen molar-refractivity contribution in [3.05, 3.63) is 28.8 Å². The molecule has 0 bridgehead atoms. The van der Waals surface area contributed by atoms with Crippen molar-refractivity contribution in [1.29, 1.82) is 0 Å². The summed E-state index contributed by atoms with van der Waals surface area (Å²) in [5.74, 6) is 1.07. The number of ether oxygens (including phenoxy) is 1. The van der Waals surface area contributed by atoms with Crippen molar-refractivity contribution in [1.82, 2.24) is 15.0 Å². The highest BCUT2D eigenvalue weighted by Gasteiger charge is 2.11. The molecule has 1 N–H and O–H groups in total. The van der Waals surface area contributed by atoms with Gasteiger partial charge in [-0.2, -0.15) is 9.97 Å². The normalized spacial score (nSPS) is 12.0. The van der Waals surface area contributed by atoms with Crippen molar-refractivity contribution in [3.63, 3.8) is 0 Å². The molecule has 0 spiro atoms. The van der Waals surface area contributed by atoms with Crippen LogP contribution < -0.4 is 10.1 Å². The summed E-state index contributed by atoms with van der Waals surface area (Å²) in [5, 5.41) is 3.01. The number of aryl methyl sites for hydroxylation is 2. The van der Waals surface area contributed by atoms with Gasteiger partial charge in [0.25, 0.3) is 0 Å². The lowest BCUT2D eigenvalue weighted by atomic mass is 10.2. The van der Waals surface area contributed by atoms with Crippen LogP contribution in [0.2, 0.25) is 5.28 Å². The summed E-state index contributed by atoms with van der Waals surface area (Å²) in [4.78, 5) is 12.1. The van der Waals surface area contributed by atoms with Gasteiger partial charge in [0, 0.05) is 4.90 Å². The Morgan fingerprint density at radius 1 is 1.29 bits per heavy atom. The number of nitrogens with one attached hydrogen (secondary N) is 1. The van der Waals surface area contributed by atoms with Gasteiger partial charge in [-0.3, -0.25) is 4.21 Å². The minimum Gasteiger partial charge on any atom is -0.768 e. The molecule has 2 aromatic rings. The van der Waals surface area contributed by atoms with Crippen LogP contribution in [0.4, 0.5) is 11.6 Å². The highest BCUT2D eigenvalue weighted by Crippen LogP contribution is 2.31. The average Bonchev–Trinajstić information content (AvgIpc) is 2.37. The Labute approximate surface area is 129 Å². The van der Waals surface area contributed by atoms with Crippen molar-refractivity contribution >= 4 is 34.3 Å². The Morgan fingerprint density at radius 3 is 2.57 bits per heavy atom. The zero-order chi connectivity index (χ0) is 15.6. The van der Waals surface area contributed by atoms with E-state index in [-0.39, 0.29) is 16.1 Å². The molecule has 1 aromatic heterocycles. The molecular weight excluding hydrogens is 316 g/mol. The third-order valence-electron chi connectivity index (χ3n) is 2.64. The van der Waals surface area contributed by atoms with Crippen LogP contribution in [-0.2, 0) is 11.1 Å². The molecule has 2 rings (SSSR count). The first-order valence-corrected chi connectivity index (χ1v) is 7.29. The molecule has 1 aromatic carbocycles. The molecule has 0 saturated heterocycles. The minimum absolute atomic E-state index is 0.0676. The molecule has 0 amide bonds. The van der Waals surface area contributed by atoms with E-state index in [4.69, 9.17) is 16.3 Å². The van der Waals surface area contributed by atoms with E-state index in [1.54, 1.807) is 19.9 Å². The number of anilines is 2. The first-order valence-electron chi connectivity index (χ1n) is 5.84. The van der Waals surface area contributed by atoms with Gasteiger partial charge in [-0.05, 0) is 54.2 Å². The zero-order valence-electron chi connectivity index (χ0n) is 11.5. The molecule has 0 saturated carbocycles. The lowest BCUT2D eigenvalue weighted by Crippen LogP contribution is -2.04. The van der Waals surface area contributed by atoms with Crippen molar-refractivity contribution in [2.24, 2.45) is 0 Å². The zero-order valence-corrected chi connectivity index (χ0v) is 13.1. The predicted molar refractivity (Wildman–Crippen MR) is 77.8 cm³/mol. The molecule has 0 fully saturated rings. The van der Waals surface area contributed by atoms with Gasteiger partial charge in [0.15, 0.2) is 0 Å². The SMILES string of the molecule is COc1cc(S(=O)[O-])c(C)cc1Nc1nc(C)nc(Cl)n1. The first kappa shape index (κ1) is 15.6. The van der Waals surface area contributed by atoms with Crippen LogP contribution >= 0.6 is 11.6 Å². The molecule has 21 heavy (non-hydrogen) atoms. The third kappa shape index (κ3) is 3.66. The standard InChI is InChI=1S/C12H13ClN4O3S/c1-6-4-8(9(20-3)5-10(6)21(18)19)16-12-15-7(2)14-11(13)17-12/h4-5H,1-3H3,(H,18,19)(H,14,15,16,17)/p-1. The Morgan fingerprint density at radius 2 is 2.00 bits per heavy atom. The highest BCUT2D eigenvalue weighted by molar-refractivity contribution is 7.79. The smallest absolute Gasteiger partial charge is 0.231 e. The van der Waals surface area contributed by atoms with Gasteiger partial charge in [-0.25, -0.2) is 4.98 Å². The minimum atomic E-state index is -2.33. The Hall–Kier alpha value is -1.77. The van der Waals surface area contributed by atoms with Crippen LogP contribution in [-0.4, -0.2) is 30.8 Å². The number of benzene rings is 1. The highest BCUT2D eigenvalue weighted by atomic mass is 35.5. The van der Waals surface area contributed by atoms with Crippen LogP contribution in [0.1, 0.15) is 11.4 Å². The van der Waals surface area contributed by atoms with Crippen LogP contribution in [0, 0.1) is 13.8 Å². The van der Waals surface area contributed by atoms with Gasteiger partial charge in [0.2, 0.25) is 11.2 Å². The van der Waals surface area contributed by atoms with E-state index >= 15 is 0 Å². The molecule has 0 aliphatic heterocycles. The van der Waals surface area contributed by atoms with Gasteiger partial charge in [-0.1, -0.05) is 0 Å². The number of hydrogen-bond acceptors (Lipinski definition) is 7. The molecule has 1 atom stereocenters. The molecule has 0 aliphatic carbocycles. The maximum atomic E-state index is 11.1. The molecule has 112 valence electrons. The second-order valence-electron chi connectivity index (χ2n) is 4.15. The van der Waals surface area contributed by atoms with Crippen molar-refractivity contribution < 1.29 is 13.5 Å². The van der Waals surface area contributed by atoms with E-state index in [1.807, 2.05) is 0 Å². The summed E-state index contributed by atoms with van der Waals surface area (Å²) >= 11 is 3.44. The molecule has 1 unspecified atom stereocenters. The second-order valence-corrected chi connectivity index (χ2v) is 5.40. The molecule has 0 radical (unpaired) electrons. The van der Waals surface area contributed by atoms with E-state index < -0.39 is 11.1 Å². The summed E-state index contributed by atoms with van der Waals surface area (Å²) in [6.07, 6.45) is 0. The fourth-order valence-corrected chi connectivity index (χ4v) is 2.47. The van der Waals surface area contributed by atoms with E-state index in [2.05, 4.69) is 20.3 Å². The first-order chi connectivity index (χ1) is 9.90. The maximum Gasteiger partial charge on any atom is 0.231 e. The van der Waals surface area contributed by atoms with Gasteiger partial charge in [0.05, 0.1) is 12.8 Å². The summed E-state index contributed by atoms with van der Waals surface area (Å²) in [6, 6.07) is 3.06. The third-order valence-corrected chi connectivity index (χ3v) is 3.61. The number of rotatable bonds is 4. The Bertz CT molecular complexity index is 691. The molecule has 7 nitrogen and oxygen atoms in total. The van der Waals surface area contributed by atoms with Crippen molar-refractivity contribution in [2.45, 2.75) is 18.7 Å². The molecule has 1 heterocycles. The quantitative estimate of drug-likeness (QED) is 0.858. The summed E-state index contributed by atoms with van der Waals surface area (Å²) in [7, 11) is 1.44. The number of aromatic nitrogens is 3. The topological polar surface area (TPSA) is 100 Å². The van der Waals surface area contributed by atoms with Gasteiger partial charge in [0.1, 0.15) is 11.6 Å². The largest absolute Gasteiger partial charge is 0.768 e. The van der Waals surface area contributed by atoms with Crippen LogP contribution in [0.25, 0.3) is 0 Å². The summed E-state index contributed by atoms with van der Waals surface area (Å²) < 4.78 is 27.4. The summed E-state index contributed by atoms with van der Waals surface area (Å²) in [6.45, 7) is 3.37. The van der Waals surface area contributed by atoms with Crippen molar-refractivity contribution in [2.75, 3.05) is 12.4 Å². The van der Waals surface area contributed by atoms with E-state index in [9.17, 15) is 8.76 Å². The fraction of sp³-hybridized carbons (Fsp3) is 0.250. The van der Waals surface area contributed by atoms with Crippen LogP contribution in [0.15, 0.2) is 17.0 Å². The van der Waals surface area contributed by atoms with E-state index in [0.29, 0.717) is 22.8 Å². The number of methoxy groups -OCH3 is 1. The number of halogens is 1. The van der Waals surface area contributed by atoms with Gasteiger partial charge < -0.3 is 14.6 Å². The monoisotopic (exact) mass is 327 g/mol. The molecule has 9 heteroatoms. The second kappa shape index (κ2) is 6.33. The van der Waals surface area contributed by atoms with Crippen molar-refractivity contribution in [3.8, 4) is 5.75 Å². The Balaban J connectivity index is 2.44. The number of hydrogen-bond donors (Lipinski definition) is 1. The average molecular weight is 328 g/mol. The van der Waals surface area contributed by atoms with E-state index in [1.165, 1.54) is 13.2 Å². The van der Waals surface area contributed by atoms with Crippen LogP contribution in [0.3, 0.4) is 0 Å².